The van der Waals surface area contributed by atoms with Crippen LogP contribution in [0.1, 0.15) is 45.0 Å². The lowest BCUT2D eigenvalue weighted by Crippen LogP contribution is -2.38. The predicted octanol–water partition coefficient (Wildman–Crippen LogP) is 6.01. The van der Waals surface area contributed by atoms with Gasteiger partial charge in [0.2, 0.25) is 0 Å². The number of hydrogen-bond acceptors (Lipinski definition) is 4. The molecule has 0 aliphatic carbocycles. The lowest BCUT2D eigenvalue weighted by atomic mass is 9.75. The summed E-state index contributed by atoms with van der Waals surface area (Å²) in [4.78, 5) is 25.3. The van der Waals surface area contributed by atoms with Gasteiger partial charge in [-0.1, -0.05) is 57.2 Å². The Balaban J connectivity index is 1.84. The van der Waals surface area contributed by atoms with Crippen molar-refractivity contribution in [2.75, 3.05) is 6.61 Å². The van der Waals surface area contributed by atoms with E-state index in [9.17, 15) is 14.7 Å². The lowest BCUT2D eigenvalue weighted by Gasteiger charge is -2.30. The first-order valence-electron chi connectivity index (χ1n) is 10.0. The molecule has 30 heavy (non-hydrogen) atoms. The van der Waals surface area contributed by atoms with Crippen LogP contribution in [-0.4, -0.2) is 23.5 Å². The largest absolute Gasteiger partial charge is 0.508 e. The topological polar surface area (TPSA) is 63.6 Å². The molecule has 3 aromatic rings. The van der Waals surface area contributed by atoms with Crippen molar-refractivity contribution in [3.05, 3.63) is 66.2 Å². The van der Waals surface area contributed by atoms with E-state index < -0.39 is 16.8 Å². The molecular formula is C26H28O4. The molecule has 0 radical (unpaired) electrons. The molecule has 0 aromatic heterocycles. The maximum atomic E-state index is 12.7. The van der Waals surface area contributed by atoms with Crippen molar-refractivity contribution in [2.24, 2.45) is 10.8 Å². The molecule has 0 atom stereocenters. The van der Waals surface area contributed by atoms with E-state index in [0.29, 0.717) is 0 Å². The van der Waals surface area contributed by atoms with Gasteiger partial charge in [-0.2, -0.15) is 0 Å². The lowest BCUT2D eigenvalue weighted by molar-refractivity contribution is -0.137. The van der Waals surface area contributed by atoms with Crippen LogP contribution in [0.25, 0.3) is 21.9 Å². The molecule has 0 amide bonds. The highest BCUT2D eigenvalue weighted by Gasteiger charge is 2.37. The van der Waals surface area contributed by atoms with Crippen molar-refractivity contribution < 1.29 is 19.4 Å². The number of esters is 1. The quantitative estimate of drug-likeness (QED) is 0.529. The normalized spacial score (nSPS) is 12.0. The number of ketones is 1. The van der Waals surface area contributed by atoms with Gasteiger partial charge in [0.1, 0.15) is 18.1 Å². The maximum Gasteiger partial charge on any atom is 0.338 e. The second-order valence-electron chi connectivity index (χ2n) is 9.37. The number of phenolic OH excluding ortho intramolecular Hbond substituents is 1. The van der Waals surface area contributed by atoms with Gasteiger partial charge in [-0.05, 0) is 60.0 Å². The van der Waals surface area contributed by atoms with Crippen molar-refractivity contribution in [2.45, 2.75) is 34.6 Å². The van der Waals surface area contributed by atoms with E-state index in [2.05, 4.69) is 0 Å². The minimum atomic E-state index is -0.800. The Bertz CT molecular complexity index is 1100. The van der Waals surface area contributed by atoms with Crippen LogP contribution in [0.15, 0.2) is 60.7 Å². The fourth-order valence-corrected chi connectivity index (χ4v) is 3.67. The van der Waals surface area contributed by atoms with Crippen LogP contribution in [0, 0.1) is 10.8 Å². The van der Waals surface area contributed by atoms with E-state index in [0.717, 1.165) is 21.9 Å². The Morgan fingerprint density at radius 3 is 2.17 bits per heavy atom. The number of fused-ring (bicyclic) bond motifs is 1. The van der Waals surface area contributed by atoms with Crippen molar-refractivity contribution in [3.63, 3.8) is 0 Å². The van der Waals surface area contributed by atoms with E-state index in [-0.39, 0.29) is 23.7 Å². The number of carbonyl (C=O) groups excluding carboxylic acids is 2. The van der Waals surface area contributed by atoms with Gasteiger partial charge >= 0.3 is 5.97 Å². The molecule has 0 aliphatic rings. The van der Waals surface area contributed by atoms with Gasteiger partial charge in [-0.3, -0.25) is 4.79 Å². The van der Waals surface area contributed by atoms with Crippen LogP contribution in [0.4, 0.5) is 0 Å². The van der Waals surface area contributed by atoms with Crippen molar-refractivity contribution >= 4 is 22.5 Å². The van der Waals surface area contributed by atoms with Gasteiger partial charge in [0, 0.05) is 5.41 Å². The van der Waals surface area contributed by atoms with Crippen LogP contribution in [-0.2, 0) is 9.53 Å². The number of rotatable bonds is 5. The van der Waals surface area contributed by atoms with E-state index in [1.807, 2.05) is 63.2 Å². The molecule has 0 heterocycles. The van der Waals surface area contributed by atoms with E-state index >= 15 is 0 Å². The zero-order valence-electron chi connectivity index (χ0n) is 18.2. The van der Waals surface area contributed by atoms with E-state index in [1.54, 1.807) is 26.0 Å². The van der Waals surface area contributed by atoms with Gasteiger partial charge in [0.25, 0.3) is 0 Å². The highest BCUT2D eigenvalue weighted by molar-refractivity contribution is 5.94. The highest BCUT2D eigenvalue weighted by atomic mass is 16.5. The van der Waals surface area contributed by atoms with Crippen LogP contribution in [0.2, 0.25) is 0 Å². The Morgan fingerprint density at radius 2 is 1.50 bits per heavy atom. The number of aromatic hydroxyl groups is 1. The molecule has 156 valence electrons. The number of Topliss-reactive ketones (excluding diaryl/α,β-unsaturated/α-hetero) is 1. The van der Waals surface area contributed by atoms with E-state index in [1.165, 1.54) is 6.07 Å². The number of phenols is 1. The predicted molar refractivity (Wildman–Crippen MR) is 120 cm³/mol. The monoisotopic (exact) mass is 404 g/mol. The minimum Gasteiger partial charge on any atom is -0.508 e. The number of hydrogen-bond donors (Lipinski definition) is 1. The van der Waals surface area contributed by atoms with Gasteiger partial charge in [0.05, 0.1) is 11.0 Å². The highest BCUT2D eigenvalue weighted by Crippen LogP contribution is 2.31. The first kappa shape index (κ1) is 21.6. The molecule has 0 unspecified atom stereocenters. The molecule has 1 N–H and O–H groups in total. The van der Waals surface area contributed by atoms with Gasteiger partial charge in [-0.25, -0.2) is 4.79 Å². The standard InChI is InChI=1S/C26H28O4/c1-25(2,3)24(29)26(4,5)16-30-23(28)21-13-20(14-22(27)15-21)19-11-10-17-8-6-7-9-18(17)12-19/h6-15,27H,16H2,1-5H3. The second kappa shape index (κ2) is 7.94. The van der Waals surface area contributed by atoms with Crippen molar-refractivity contribution in [1.29, 1.82) is 0 Å². The molecular weight excluding hydrogens is 376 g/mol. The smallest absolute Gasteiger partial charge is 0.338 e. The molecule has 0 fully saturated rings. The summed E-state index contributed by atoms with van der Waals surface area (Å²) in [6.07, 6.45) is 0. The number of ether oxygens (including phenoxy) is 1. The average molecular weight is 405 g/mol. The molecule has 3 aromatic carbocycles. The Kier molecular flexibility index (Phi) is 5.71. The average Bonchev–Trinajstić information content (AvgIpc) is 2.70. The third-order valence-electron chi connectivity index (χ3n) is 5.10. The van der Waals surface area contributed by atoms with Crippen LogP contribution in [0.3, 0.4) is 0 Å². The summed E-state index contributed by atoms with van der Waals surface area (Å²) in [7, 11) is 0. The number of benzene rings is 3. The summed E-state index contributed by atoms with van der Waals surface area (Å²) >= 11 is 0. The molecule has 0 spiro atoms. The molecule has 0 bridgehead atoms. The summed E-state index contributed by atoms with van der Waals surface area (Å²) in [5, 5.41) is 12.4. The fraction of sp³-hybridized carbons (Fsp3) is 0.308. The Hall–Kier alpha value is -3.14. The molecule has 0 aliphatic heterocycles. The molecule has 4 heteroatoms. The SMILES string of the molecule is CC(C)(C)C(=O)C(C)(C)COC(=O)c1cc(O)cc(-c2ccc3ccccc3c2)c1. The molecule has 4 nitrogen and oxygen atoms in total. The molecule has 0 saturated carbocycles. The number of carbonyl (C=O) groups is 2. The minimum absolute atomic E-state index is 0.0161. The van der Waals surface area contributed by atoms with Gasteiger partial charge < -0.3 is 9.84 Å². The van der Waals surface area contributed by atoms with Crippen LogP contribution >= 0.6 is 0 Å². The Labute approximate surface area is 177 Å². The van der Waals surface area contributed by atoms with Crippen molar-refractivity contribution in [3.8, 4) is 16.9 Å². The first-order chi connectivity index (χ1) is 14.0. The van der Waals surface area contributed by atoms with Crippen molar-refractivity contribution in [1.82, 2.24) is 0 Å². The summed E-state index contributed by atoms with van der Waals surface area (Å²) in [6, 6.07) is 18.7. The third kappa shape index (κ3) is 4.70. The van der Waals surface area contributed by atoms with Crippen LogP contribution < -0.4 is 0 Å². The fourth-order valence-electron chi connectivity index (χ4n) is 3.67. The zero-order valence-corrected chi connectivity index (χ0v) is 18.2. The van der Waals surface area contributed by atoms with Crippen LogP contribution in [0.5, 0.6) is 5.75 Å². The van der Waals surface area contributed by atoms with Gasteiger partial charge in [-0.15, -0.1) is 0 Å². The summed E-state index contributed by atoms with van der Waals surface area (Å²) in [5.41, 5.74) is 0.535. The van der Waals surface area contributed by atoms with Gasteiger partial charge in [0.15, 0.2) is 0 Å². The zero-order chi connectivity index (χ0) is 22.1. The summed E-state index contributed by atoms with van der Waals surface area (Å²) in [6.45, 7) is 9.08. The molecule has 0 saturated heterocycles. The maximum absolute atomic E-state index is 12.7. The summed E-state index contributed by atoms with van der Waals surface area (Å²) < 4.78 is 5.45. The Morgan fingerprint density at radius 1 is 0.833 bits per heavy atom. The summed E-state index contributed by atoms with van der Waals surface area (Å²) in [5.74, 6) is -0.559. The third-order valence-corrected chi connectivity index (χ3v) is 5.10. The first-order valence-corrected chi connectivity index (χ1v) is 10.0. The van der Waals surface area contributed by atoms with E-state index in [4.69, 9.17) is 4.74 Å². The second-order valence-corrected chi connectivity index (χ2v) is 9.37. The molecule has 3 rings (SSSR count).